The largest absolute Gasteiger partial charge is 0.478 e. The molecule has 7 heteroatoms. The second-order valence-corrected chi connectivity index (χ2v) is 14.8. The van der Waals surface area contributed by atoms with Crippen molar-refractivity contribution in [1.82, 2.24) is 9.80 Å². The Hall–Kier alpha value is -3.71. The van der Waals surface area contributed by atoms with E-state index in [0.717, 1.165) is 43.2 Å². The van der Waals surface area contributed by atoms with Crippen LogP contribution in [0.15, 0.2) is 72.3 Å². The number of carbonyl (C=O) groups excluding carboxylic acids is 2. The molecule has 1 saturated carbocycles. The number of carboxylic acid groups (broad SMARTS) is 1. The summed E-state index contributed by atoms with van der Waals surface area (Å²) in [4.78, 5) is 43.4. The fourth-order valence-electron chi connectivity index (χ4n) is 8.99. The van der Waals surface area contributed by atoms with Gasteiger partial charge in [-0.2, -0.15) is 0 Å². The van der Waals surface area contributed by atoms with E-state index in [4.69, 9.17) is 0 Å². The molecular formula is C39H48N2O5. The maximum absolute atomic E-state index is 14.8. The van der Waals surface area contributed by atoms with Gasteiger partial charge in [0.1, 0.15) is 6.10 Å². The van der Waals surface area contributed by atoms with Gasteiger partial charge in [0.05, 0.1) is 11.0 Å². The Morgan fingerprint density at radius 3 is 2.13 bits per heavy atom. The number of nitrogens with zero attached hydrogens (tertiary/aromatic N) is 2. The summed E-state index contributed by atoms with van der Waals surface area (Å²) in [5.74, 6) is -0.953. The molecular weight excluding hydrogens is 576 g/mol. The summed E-state index contributed by atoms with van der Waals surface area (Å²) >= 11 is 0. The third-order valence-corrected chi connectivity index (χ3v) is 11.6. The van der Waals surface area contributed by atoms with E-state index in [1.807, 2.05) is 47.4 Å². The highest BCUT2D eigenvalue weighted by Gasteiger charge is 2.51. The van der Waals surface area contributed by atoms with E-state index in [0.29, 0.717) is 39.0 Å². The summed E-state index contributed by atoms with van der Waals surface area (Å²) < 4.78 is 0. The van der Waals surface area contributed by atoms with Crippen LogP contribution in [0.3, 0.4) is 0 Å². The maximum Gasteiger partial charge on any atom is 0.335 e. The zero-order valence-electron chi connectivity index (χ0n) is 27.5. The summed E-state index contributed by atoms with van der Waals surface area (Å²) in [5.41, 5.74) is 3.54. The van der Waals surface area contributed by atoms with Gasteiger partial charge in [0.15, 0.2) is 0 Å². The highest BCUT2D eigenvalue weighted by Crippen LogP contribution is 2.55. The number of amides is 2. The van der Waals surface area contributed by atoms with Crippen molar-refractivity contribution in [3.63, 3.8) is 0 Å². The maximum atomic E-state index is 14.8. The minimum Gasteiger partial charge on any atom is -0.478 e. The molecule has 2 heterocycles. The highest BCUT2D eigenvalue weighted by molar-refractivity contribution is 5.90. The van der Waals surface area contributed by atoms with Crippen molar-refractivity contribution in [1.29, 1.82) is 0 Å². The summed E-state index contributed by atoms with van der Waals surface area (Å²) in [6.07, 6.45) is 10.5. The second-order valence-electron chi connectivity index (χ2n) is 14.8. The van der Waals surface area contributed by atoms with E-state index in [1.54, 1.807) is 17.0 Å². The number of aliphatic hydroxyl groups excluding tert-OH is 1. The number of aliphatic hydroxyl groups is 1. The van der Waals surface area contributed by atoms with Gasteiger partial charge in [-0.25, -0.2) is 4.79 Å². The van der Waals surface area contributed by atoms with Gasteiger partial charge in [-0.3, -0.25) is 9.59 Å². The van der Waals surface area contributed by atoms with Crippen LogP contribution in [0.2, 0.25) is 0 Å². The van der Waals surface area contributed by atoms with Crippen molar-refractivity contribution >= 4 is 23.4 Å². The molecule has 2 aromatic rings. The number of hydrogen-bond acceptors (Lipinski definition) is 4. The number of hydrogen-bond donors (Lipinski definition) is 2. The first-order valence-electron chi connectivity index (χ1n) is 17.0. The zero-order chi connectivity index (χ0) is 32.7. The van der Waals surface area contributed by atoms with Crippen LogP contribution in [-0.2, 0) is 15.0 Å². The average Bonchev–Trinajstić information content (AvgIpc) is 3.07. The van der Waals surface area contributed by atoms with Crippen LogP contribution < -0.4 is 0 Å². The molecule has 0 aromatic heterocycles. The van der Waals surface area contributed by atoms with Crippen molar-refractivity contribution in [2.24, 2.45) is 16.7 Å². The summed E-state index contributed by atoms with van der Waals surface area (Å²) in [6, 6.07) is 17.2. The van der Waals surface area contributed by atoms with E-state index in [1.165, 1.54) is 17.6 Å². The lowest BCUT2D eigenvalue weighted by molar-refractivity contribution is -0.149. The molecule has 244 valence electrons. The molecule has 46 heavy (non-hydrogen) atoms. The first-order valence-corrected chi connectivity index (χ1v) is 17.0. The fraction of sp³-hybridized carbons (Fsp3) is 0.513. The molecule has 6 rings (SSSR count). The number of benzene rings is 2. The summed E-state index contributed by atoms with van der Waals surface area (Å²) in [7, 11) is 0. The number of rotatable bonds is 6. The smallest absolute Gasteiger partial charge is 0.335 e. The Balaban J connectivity index is 1.22. The molecule has 0 bridgehead atoms. The van der Waals surface area contributed by atoms with Crippen molar-refractivity contribution in [3.8, 4) is 0 Å². The molecule has 1 unspecified atom stereocenters. The van der Waals surface area contributed by atoms with Crippen LogP contribution in [0.4, 0.5) is 0 Å². The molecule has 2 amide bonds. The van der Waals surface area contributed by atoms with Crippen molar-refractivity contribution in [2.75, 3.05) is 26.2 Å². The molecule has 7 nitrogen and oxygen atoms in total. The first-order chi connectivity index (χ1) is 22.0. The van der Waals surface area contributed by atoms with Gasteiger partial charge in [0.25, 0.3) is 5.91 Å². The molecule has 2 atom stereocenters. The Labute approximate surface area is 273 Å². The van der Waals surface area contributed by atoms with Crippen LogP contribution in [-0.4, -0.2) is 70.1 Å². The third-order valence-electron chi connectivity index (χ3n) is 11.6. The number of likely N-dealkylation sites (tertiary alicyclic amines) is 1. The van der Waals surface area contributed by atoms with Crippen LogP contribution in [0, 0.1) is 16.7 Å². The van der Waals surface area contributed by atoms with E-state index in [-0.39, 0.29) is 34.1 Å². The lowest BCUT2D eigenvalue weighted by Crippen LogP contribution is -2.58. The average molecular weight is 625 g/mol. The van der Waals surface area contributed by atoms with E-state index < -0.39 is 17.5 Å². The predicted molar refractivity (Wildman–Crippen MR) is 179 cm³/mol. The van der Waals surface area contributed by atoms with Gasteiger partial charge >= 0.3 is 5.97 Å². The molecule has 0 radical (unpaired) electrons. The van der Waals surface area contributed by atoms with E-state index >= 15 is 0 Å². The van der Waals surface area contributed by atoms with Gasteiger partial charge in [-0.15, -0.1) is 0 Å². The topological polar surface area (TPSA) is 98.2 Å². The molecule has 2 N–H and O–H groups in total. The lowest BCUT2D eigenvalue weighted by Gasteiger charge is -2.52. The number of allylic oxidation sites excluding steroid dienone is 2. The number of aromatic carboxylic acids is 1. The lowest BCUT2D eigenvalue weighted by atomic mass is 9.58. The summed E-state index contributed by atoms with van der Waals surface area (Å²) in [6.45, 7) is 8.75. The minimum atomic E-state index is -0.950. The van der Waals surface area contributed by atoms with E-state index in [9.17, 15) is 24.6 Å². The van der Waals surface area contributed by atoms with Crippen molar-refractivity contribution in [3.05, 3.63) is 89.0 Å². The third kappa shape index (κ3) is 5.72. The second kappa shape index (κ2) is 12.5. The molecule has 0 spiro atoms. The standard InChI is InChI=1S/C39H48N2O5/c1-37(2)31(27-14-16-29(17-15-27)35(44)45)18-20-38(3)26-41(23-19-32(37)38)36(46)39(30-12-8-5-9-13-30)21-24-40(25-22-39)34(43)33(42)28-10-6-4-7-11-28/h5,8-9,12-19,28,33,42H,4,6-7,10-11,20-26H2,1-3H3,(H,44,45)/t33?,38-/m1/s1. The van der Waals surface area contributed by atoms with Gasteiger partial charge < -0.3 is 20.0 Å². The monoisotopic (exact) mass is 624 g/mol. The first kappa shape index (κ1) is 32.2. The minimum absolute atomic E-state index is 0.0391. The van der Waals surface area contributed by atoms with Crippen molar-refractivity contribution in [2.45, 2.75) is 83.7 Å². The molecule has 2 fully saturated rings. The van der Waals surface area contributed by atoms with Crippen LogP contribution in [0.5, 0.6) is 0 Å². The Kier molecular flexibility index (Phi) is 8.75. The summed E-state index contributed by atoms with van der Waals surface area (Å²) in [5, 5.41) is 20.3. The highest BCUT2D eigenvalue weighted by atomic mass is 16.4. The molecule has 2 aliphatic carbocycles. The number of piperidine rings is 1. The van der Waals surface area contributed by atoms with Crippen molar-refractivity contribution < 1.29 is 24.6 Å². The SMILES string of the molecule is CC1(C)C(c2ccc(C(=O)O)cc2)=CC[C@]2(C)CN(C(=O)C3(c4ccccc4)CCN(C(=O)C(O)C4CCCCC4)CC3)CC=C12. The molecule has 2 aliphatic heterocycles. The van der Waals surface area contributed by atoms with E-state index in [2.05, 4.69) is 32.9 Å². The predicted octanol–water partition coefficient (Wildman–Crippen LogP) is 6.47. The van der Waals surface area contributed by atoms with Gasteiger partial charge in [0.2, 0.25) is 5.91 Å². The fourth-order valence-corrected chi connectivity index (χ4v) is 8.99. The van der Waals surface area contributed by atoms with Gasteiger partial charge in [-0.05, 0) is 66.9 Å². The zero-order valence-corrected chi connectivity index (χ0v) is 27.5. The quantitative estimate of drug-likeness (QED) is 0.359. The van der Waals surface area contributed by atoms with Crippen LogP contribution >= 0.6 is 0 Å². The number of fused-ring (bicyclic) bond motifs is 1. The molecule has 4 aliphatic rings. The Morgan fingerprint density at radius 1 is 0.848 bits per heavy atom. The number of carboxylic acids is 1. The number of carbonyl (C=O) groups is 3. The Bertz CT molecular complexity index is 1530. The van der Waals surface area contributed by atoms with Crippen LogP contribution in [0.1, 0.15) is 93.6 Å². The molecule has 1 saturated heterocycles. The van der Waals surface area contributed by atoms with Gasteiger partial charge in [-0.1, -0.05) is 100 Å². The normalized spacial score (nSPS) is 25.1. The van der Waals surface area contributed by atoms with Crippen LogP contribution in [0.25, 0.3) is 5.57 Å². The molecule has 2 aromatic carbocycles. The Morgan fingerprint density at radius 2 is 1.50 bits per heavy atom. The van der Waals surface area contributed by atoms with Gasteiger partial charge in [0, 0.05) is 37.0 Å².